The van der Waals surface area contributed by atoms with E-state index in [0.717, 1.165) is 29.4 Å². The van der Waals surface area contributed by atoms with Crippen molar-refractivity contribution in [2.45, 2.75) is 13.0 Å². The third-order valence-electron chi connectivity index (χ3n) is 3.29. The fraction of sp³-hybridized carbons (Fsp3) is 0.538. The zero-order valence-electron chi connectivity index (χ0n) is 10.7. The first-order valence-corrected chi connectivity index (χ1v) is 5.74. The summed E-state index contributed by atoms with van der Waals surface area (Å²) in [6, 6.07) is 4.08. The summed E-state index contributed by atoms with van der Waals surface area (Å²) in [6.07, 6.45) is 0. The largest absolute Gasteiger partial charge is 0.496 e. The minimum atomic E-state index is 0.297. The molecule has 2 unspecified atom stereocenters. The molecule has 1 aromatic rings. The van der Waals surface area contributed by atoms with Crippen LogP contribution in [-0.4, -0.2) is 27.9 Å². The Bertz CT molecular complexity index is 381. The summed E-state index contributed by atoms with van der Waals surface area (Å²) in [4.78, 5) is 0. The van der Waals surface area contributed by atoms with E-state index in [0.29, 0.717) is 12.0 Å². The van der Waals surface area contributed by atoms with E-state index in [1.807, 2.05) is 12.1 Å². The molecule has 1 aliphatic rings. The number of nitrogens with one attached hydrogen (secondary N) is 1. The lowest BCUT2D eigenvalue weighted by atomic mass is 9.86. The van der Waals surface area contributed by atoms with Gasteiger partial charge in [-0.3, -0.25) is 0 Å². The Morgan fingerprint density at radius 1 is 1.06 bits per heavy atom. The van der Waals surface area contributed by atoms with E-state index < -0.39 is 0 Å². The van der Waals surface area contributed by atoms with Crippen LogP contribution in [0.5, 0.6) is 17.2 Å². The molecule has 0 aliphatic carbocycles. The molecule has 0 spiro atoms. The van der Waals surface area contributed by atoms with Crippen LogP contribution in [0, 0.1) is 5.92 Å². The van der Waals surface area contributed by atoms with Gasteiger partial charge in [-0.1, -0.05) is 6.92 Å². The minimum absolute atomic E-state index is 0.297. The maximum Gasteiger partial charge on any atom is 0.131 e. The highest BCUT2D eigenvalue weighted by Crippen LogP contribution is 2.43. The highest BCUT2D eigenvalue weighted by Gasteiger charge is 2.33. The fourth-order valence-electron chi connectivity index (χ4n) is 2.20. The summed E-state index contributed by atoms with van der Waals surface area (Å²) in [7, 11) is 4.97. The number of rotatable bonds is 4. The molecule has 1 N–H and O–H groups in total. The number of benzene rings is 1. The zero-order valence-corrected chi connectivity index (χ0v) is 10.7. The van der Waals surface area contributed by atoms with Crippen LogP contribution in [0.25, 0.3) is 0 Å². The molecule has 0 radical (unpaired) electrons. The third-order valence-corrected chi connectivity index (χ3v) is 3.29. The van der Waals surface area contributed by atoms with Crippen LogP contribution in [0.2, 0.25) is 0 Å². The lowest BCUT2D eigenvalue weighted by molar-refractivity contribution is 0.242. The van der Waals surface area contributed by atoms with Crippen LogP contribution < -0.4 is 19.5 Å². The van der Waals surface area contributed by atoms with E-state index in [4.69, 9.17) is 14.2 Å². The van der Waals surface area contributed by atoms with E-state index in [2.05, 4.69) is 12.2 Å². The van der Waals surface area contributed by atoms with Crippen molar-refractivity contribution in [2.24, 2.45) is 5.92 Å². The molecule has 0 aromatic heterocycles. The Hall–Kier alpha value is -1.42. The van der Waals surface area contributed by atoms with Gasteiger partial charge >= 0.3 is 0 Å². The van der Waals surface area contributed by atoms with Crippen molar-refractivity contribution in [3.8, 4) is 17.2 Å². The molecule has 0 bridgehead atoms. The van der Waals surface area contributed by atoms with Crippen molar-refractivity contribution in [2.75, 3.05) is 27.9 Å². The highest BCUT2D eigenvalue weighted by molar-refractivity contribution is 5.53. The maximum atomic E-state index is 5.44. The molecule has 1 saturated heterocycles. The lowest BCUT2D eigenvalue weighted by Gasteiger charge is -2.37. The van der Waals surface area contributed by atoms with Crippen molar-refractivity contribution < 1.29 is 14.2 Å². The number of hydrogen-bond donors (Lipinski definition) is 1. The van der Waals surface area contributed by atoms with Crippen LogP contribution in [0.1, 0.15) is 18.5 Å². The lowest BCUT2D eigenvalue weighted by Crippen LogP contribution is -2.44. The monoisotopic (exact) mass is 237 g/mol. The Morgan fingerprint density at radius 2 is 1.65 bits per heavy atom. The fourth-order valence-corrected chi connectivity index (χ4v) is 2.20. The molecule has 1 heterocycles. The summed E-state index contributed by atoms with van der Waals surface area (Å²) < 4.78 is 16.1. The smallest absolute Gasteiger partial charge is 0.131 e. The van der Waals surface area contributed by atoms with Gasteiger partial charge in [0.25, 0.3) is 0 Å². The van der Waals surface area contributed by atoms with Crippen molar-refractivity contribution >= 4 is 0 Å². The van der Waals surface area contributed by atoms with Gasteiger partial charge in [0, 0.05) is 24.7 Å². The molecule has 2 atom stereocenters. The maximum absolute atomic E-state index is 5.44. The Balaban J connectivity index is 2.46. The van der Waals surface area contributed by atoms with Crippen molar-refractivity contribution in [3.05, 3.63) is 17.7 Å². The molecular formula is C13H19NO3. The van der Waals surface area contributed by atoms with Crippen LogP contribution >= 0.6 is 0 Å². The van der Waals surface area contributed by atoms with Crippen LogP contribution in [0.4, 0.5) is 0 Å². The van der Waals surface area contributed by atoms with Gasteiger partial charge in [-0.15, -0.1) is 0 Å². The first-order valence-electron chi connectivity index (χ1n) is 5.74. The Kier molecular flexibility index (Phi) is 3.43. The first kappa shape index (κ1) is 12.0. The third kappa shape index (κ3) is 2.05. The second-order valence-electron chi connectivity index (χ2n) is 4.31. The second kappa shape index (κ2) is 4.84. The van der Waals surface area contributed by atoms with E-state index in [9.17, 15) is 0 Å². The zero-order chi connectivity index (χ0) is 12.4. The molecule has 2 rings (SSSR count). The molecular weight excluding hydrogens is 218 g/mol. The molecule has 0 amide bonds. The minimum Gasteiger partial charge on any atom is -0.496 e. The predicted molar refractivity (Wildman–Crippen MR) is 66.0 cm³/mol. The molecule has 4 nitrogen and oxygen atoms in total. The molecule has 4 heteroatoms. The topological polar surface area (TPSA) is 39.7 Å². The summed E-state index contributed by atoms with van der Waals surface area (Å²) >= 11 is 0. The standard InChI is InChI=1S/C13H19NO3/c1-8-7-14-13(8)12-10(16-3)5-9(15-2)6-11(12)17-4/h5-6,8,13-14H,7H2,1-4H3. The van der Waals surface area contributed by atoms with Gasteiger partial charge < -0.3 is 19.5 Å². The van der Waals surface area contributed by atoms with E-state index in [1.165, 1.54) is 0 Å². The molecule has 17 heavy (non-hydrogen) atoms. The summed E-state index contributed by atoms with van der Waals surface area (Å²) in [6.45, 7) is 3.24. The van der Waals surface area contributed by atoms with Crippen LogP contribution in [0.15, 0.2) is 12.1 Å². The Labute approximate surface area is 102 Å². The number of hydrogen-bond acceptors (Lipinski definition) is 4. The molecule has 1 fully saturated rings. The average molecular weight is 237 g/mol. The van der Waals surface area contributed by atoms with Gasteiger partial charge in [0.15, 0.2) is 0 Å². The van der Waals surface area contributed by atoms with Crippen LogP contribution in [0.3, 0.4) is 0 Å². The quantitative estimate of drug-likeness (QED) is 0.869. The van der Waals surface area contributed by atoms with E-state index in [-0.39, 0.29) is 0 Å². The van der Waals surface area contributed by atoms with Gasteiger partial charge in [-0.25, -0.2) is 0 Å². The number of methoxy groups -OCH3 is 3. The highest BCUT2D eigenvalue weighted by atomic mass is 16.5. The van der Waals surface area contributed by atoms with Gasteiger partial charge in [-0.05, 0) is 5.92 Å². The average Bonchev–Trinajstić information content (AvgIpc) is 2.36. The molecule has 94 valence electrons. The summed E-state index contributed by atoms with van der Waals surface area (Å²) in [5.74, 6) is 2.95. The number of ether oxygens (including phenoxy) is 3. The summed E-state index contributed by atoms with van der Waals surface area (Å²) in [5.41, 5.74) is 1.08. The normalized spacial score (nSPS) is 22.8. The molecule has 1 aromatic carbocycles. The predicted octanol–water partition coefficient (Wildman–Crippen LogP) is 1.99. The van der Waals surface area contributed by atoms with E-state index >= 15 is 0 Å². The summed E-state index contributed by atoms with van der Waals surface area (Å²) in [5, 5.41) is 3.40. The van der Waals surface area contributed by atoms with E-state index in [1.54, 1.807) is 21.3 Å². The van der Waals surface area contributed by atoms with Gasteiger partial charge in [0.2, 0.25) is 0 Å². The van der Waals surface area contributed by atoms with Crippen molar-refractivity contribution in [3.63, 3.8) is 0 Å². The first-order chi connectivity index (χ1) is 8.21. The van der Waals surface area contributed by atoms with Gasteiger partial charge in [-0.2, -0.15) is 0 Å². The second-order valence-corrected chi connectivity index (χ2v) is 4.31. The SMILES string of the molecule is COc1cc(OC)c(C2NCC2C)c(OC)c1. The van der Waals surface area contributed by atoms with Gasteiger partial charge in [0.1, 0.15) is 17.2 Å². The van der Waals surface area contributed by atoms with Crippen LogP contribution in [-0.2, 0) is 0 Å². The molecule has 1 aliphatic heterocycles. The van der Waals surface area contributed by atoms with Crippen molar-refractivity contribution in [1.82, 2.24) is 5.32 Å². The van der Waals surface area contributed by atoms with Crippen molar-refractivity contribution in [1.29, 1.82) is 0 Å². The molecule has 0 saturated carbocycles. The van der Waals surface area contributed by atoms with Gasteiger partial charge in [0.05, 0.1) is 26.9 Å². The Morgan fingerprint density at radius 3 is 1.94 bits per heavy atom.